The van der Waals surface area contributed by atoms with Gasteiger partial charge in [0.05, 0.1) is 21.7 Å². The third-order valence-electron chi connectivity index (χ3n) is 12.4. The fraction of sp³-hybridized carbons (Fsp3) is 0.442. The largest absolute Gasteiger partial charge is 0.372 e. The van der Waals surface area contributed by atoms with E-state index in [1.807, 2.05) is 48.5 Å². The Morgan fingerprint density at radius 1 is 0.893 bits per heavy atom. The van der Waals surface area contributed by atoms with Crippen molar-refractivity contribution in [3.63, 3.8) is 0 Å². The van der Waals surface area contributed by atoms with Crippen LogP contribution in [0, 0.1) is 17.2 Å². The second-order valence-electron chi connectivity index (χ2n) is 15.8. The maximum atomic E-state index is 13.3. The van der Waals surface area contributed by atoms with Gasteiger partial charge < -0.3 is 15.1 Å². The van der Waals surface area contributed by atoms with Crippen LogP contribution in [0.4, 0.5) is 11.4 Å². The molecule has 0 spiro atoms. The molecule has 0 bridgehead atoms. The fourth-order valence-electron chi connectivity index (χ4n) is 9.36. The van der Waals surface area contributed by atoms with Gasteiger partial charge in [0.25, 0.3) is 17.7 Å². The van der Waals surface area contributed by atoms with Gasteiger partial charge in [-0.1, -0.05) is 11.6 Å². The van der Waals surface area contributed by atoms with Gasteiger partial charge in [-0.05, 0) is 124 Å². The molecule has 3 aromatic carbocycles. The predicted molar refractivity (Wildman–Crippen MR) is 211 cm³/mol. The van der Waals surface area contributed by atoms with Crippen molar-refractivity contribution in [2.24, 2.45) is 5.92 Å². The van der Waals surface area contributed by atoms with E-state index in [2.05, 4.69) is 38.3 Å². The van der Waals surface area contributed by atoms with Gasteiger partial charge in [0.15, 0.2) is 0 Å². The zero-order valence-electron chi connectivity index (χ0n) is 31.6. The fourth-order valence-corrected chi connectivity index (χ4v) is 9.57. The summed E-state index contributed by atoms with van der Waals surface area (Å²) in [5.74, 6) is -1.44. The van der Waals surface area contributed by atoms with E-state index >= 15 is 0 Å². The summed E-state index contributed by atoms with van der Waals surface area (Å²) in [6.07, 6.45) is 6.06. The molecule has 1 saturated carbocycles. The first-order chi connectivity index (χ1) is 27.1. The summed E-state index contributed by atoms with van der Waals surface area (Å²) in [5, 5.41) is 15.2. The lowest BCUT2D eigenvalue weighted by Gasteiger charge is -2.38. The Bertz CT molecular complexity index is 2070. The van der Waals surface area contributed by atoms with Crippen LogP contribution in [0.15, 0.2) is 54.6 Å². The second-order valence-corrected chi connectivity index (χ2v) is 16.2. The smallest absolute Gasteiger partial charge is 0.262 e. The van der Waals surface area contributed by atoms with Crippen molar-refractivity contribution in [2.75, 3.05) is 36.0 Å². The average Bonchev–Trinajstić information content (AvgIpc) is 3.70. The molecule has 1 atom stereocenters. The number of nitrogens with one attached hydrogen (secondary N) is 2. The van der Waals surface area contributed by atoms with E-state index in [1.165, 1.54) is 0 Å². The molecule has 0 radical (unpaired) electrons. The summed E-state index contributed by atoms with van der Waals surface area (Å²) < 4.78 is 0. The van der Waals surface area contributed by atoms with Gasteiger partial charge in [-0.25, -0.2) is 0 Å². The summed E-state index contributed by atoms with van der Waals surface area (Å²) in [5.41, 5.74) is 6.05. The summed E-state index contributed by atoms with van der Waals surface area (Å²) in [4.78, 5) is 72.0. The molecule has 4 heterocycles. The number of nitriles is 1. The first-order valence-corrected chi connectivity index (χ1v) is 20.2. The zero-order valence-corrected chi connectivity index (χ0v) is 32.3. The summed E-state index contributed by atoms with van der Waals surface area (Å²) in [6, 6.07) is 18.9. The van der Waals surface area contributed by atoms with E-state index in [0.717, 1.165) is 92.1 Å². The minimum absolute atomic E-state index is 0.0397. The summed E-state index contributed by atoms with van der Waals surface area (Å²) in [6.45, 7) is 7.17. The van der Waals surface area contributed by atoms with Crippen LogP contribution in [0.3, 0.4) is 0 Å². The number of rotatable bonds is 9. The van der Waals surface area contributed by atoms with Gasteiger partial charge in [-0.2, -0.15) is 5.26 Å². The van der Waals surface area contributed by atoms with Gasteiger partial charge in [-0.3, -0.25) is 39.1 Å². The molecule has 5 amide bonds. The molecule has 2 N–H and O–H groups in total. The lowest BCUT2D eigenvalue weighted by Crippen LogP contribution is -2.54. The molecule has 5 aliphatic rings. The number of amides is 5. The minimum atomic E-state index is -0.960. The molecule has 0 aromatic heterocycles. The number of benzene rings is 3. The van der Waals surface area contributed by atoms with Gasteiger partial charge in [0.1, 0.15) is 12.1 Å². The van der Waals surface area contributed by atoms with Crippen molar-refractivity contribution in [2.45, 2.75) is 89.5 Å². The second kappa shape index (κ2) is 15.7. The highest BCUT2D eigenvalue weighted by Crippen LogP contribution is 2.35. The Labute approximate surface area is 331 Å². The third-order valence-corrected chi connectivity index (χ3v) is 12.7. The number of halogens is 1. The Morgan fingerprint density at radius 2 is 1.55 bits per heavy atom. The molecule has 3 fully saturated rings. The SMILES string of the molecule is CCN(c1ccc(C#N)c(Cl)c1)C1CCC(NC(=O)c2ccc(N3CCC(CN4Cc5cc6c(cc5C4)C(=O)N([C@@H]4CCC(=O)NC4=O)C6=O)CC3)cc2)CC1. The van der Waals surface area contributed by atoms with Crippen LogP contribution in [0.5, 0.6) is 0 Å². The van der Waals surface area contributed by atoms with Gasteiger partial charge in [-0.15, -0.1) is 0 Å². The number of nitrogens with zero attached hydrogens (tertiary/aromatic N) is 5. The molecule has 0 unspecified atom stereocenters. The highest BCUT2D eigenvalue weighted by molar-refractivity contribution is 6.32. The van der Waals surface area contributed by atoms with Crippen LogP contribution in [0.1, 0.15) is 106 Å². The number of carbonyl (C=O) groups is 5. The maximum Gasteiger partial charge on any atom is 0.262 e. The highest BCUT2D eigenvalue weighted by atomic mass is 35.5. The standard InChI is InChI=1S/C43H46ClN7O5/c1-2-50(34-10-5-28(22-45)37(44)21-34)33-11-6-31(7-12-33)46-40(53)27-3-8-32(9-4-27)49-17-15-26(16-18-49)23-48-24-29-19-35-36(20-30(29)25-48)43(56)51(42(35)55)38-13-14-39(52)47-41(38)54/h3-5,8-10,19-21,26,31,33,38H,2,6-7,11-18,23-25H2,1H3,(H,46,53)(H,47,52,54)/t31?,33?,38-/m1/s1. The van der Waals surface area contributed by atoms with E-state index in [0.29, 0.717) is 52.3 Å². The number of fused-ring (bicyclic) bond motifs is 2. The summed E-state index contributed by atoms with van der Waals surface area (Å²) in [7, 11) is 0. The predicted octanol–water partition coefficient (Wildman–Crippen LogP) is 5.41. The van der Waals surface area contributed by atoms with Gasteiger partial charge in [0.2, 0.25) is 11.8 Å². The van der Waals surface area contributed by atoms with Crippen LogP contribution in [-0.2, 0) is 22.7 Å². The van der Waals surface area contributed by atoms with E-state index < -0.39 is 23.8 Å². The number of carbonyl (C=O) groups excluding carboxylic acids is 5. The number of imide groups is 2. The van der Waals surface area contributed by atoms with E-state index in [9.17, 15) is 29.2 Å². The van der Waals surface area contributed by atoms with Crippen molar-refractivity contribution in [1.82, 2.24) is 20.4 Å². The lowest BCUT2D eigenvalue weighted by atomic mass is 9.89. The van der Waals surface area contributed by atoms with Crippen LogP contribution >= 0.6 is 11.6 Å². The molecule has 8 rings (SSSR count). The molecule has 3 aromatic rings. The lowest BCUT2D eigenvalue weighted by molar-refractivity contribution is -0.136. The quantitative estimate of drug-likeness (QED) is 0.273. The van der Waals surface area contributed by atoms with Crippen molar-refractivity contribution < 1.29 is 24.0 Å². The normalized spacial score (nSPS) is 22.8. The van der Waals surface area contributed by atoms with Gasteiger partial charge in [0, 0.05) is 74.7 Å². The number of hydrogen-bond acceptors (Lipinski definition) is 9. The van der Waals surface area contributed by atoms with Crippen molar-refractivity contribution in [3.05, 3.63) is 93.0 Å². The van der Waals surface area contributed by atoms with Crippen molar-refractivity contribution in [1.29, 1.82) is 5.26 Å². The minimum Gasteiger partial charge on any atom is -0.372 e. The number of anilines is 2. The topological polar surface area (TPSA) is 146 Å². The van der Waals surface area contributed by atoms with Crippen molar-refractivity contribution >= 4 is 52.5 Å². The molecule has 2 saturated heterocycles. The Morgan fingerprint density at radius 3 is 2.14 bits per heavy atom. The maximum absolute atomic E-state index is 13.3. The first kappa shape index (κ1) is 37.7. The molecule has 56 heavy (non-hydrogen) atoms. The van der Waals surface area contributed by atoms with Crippen LogP contribution in [0.2, 0.25) is 5.02 Å². The molecule has 4 aliphatic heterocycles. The van der Waals surface area contributed by atoms with E-state index in [4.69, 9.17) is 11.6 Å². The van der Waals surface area contributed by atoms with Gasteiger partial charge >= 0.3 is 0 Å². The van der Waals surface area contributed by atoms with E-state index in [-0.39, 0.29) is 30.7 Å². The molecule has 1 aliphatic carbocycles. The highest BCUT2D eigenvalue weighted by Gasteiger charge is 2.45. The van der Waals surface area contributed by atoms with Crippen LogP contribution in [0.25, 0.3) is 0 Å². The molecule has 13 heteroatoms. The summed E-state index contributed by atoms with van der Waals surface area (Å²) >= 11 is 6.32. The third kappa shape index (κ3) is 7.38. The van der Waals surface area contributed by atoms with E-state index in [1.54, 1.807) is 6.07 Å². The number of piperidine rings is 2. The monoisotopic (exact) mass is 775 g/mol. The Hall–Kier alpha value is -5.25. The molecular formula is C43H46ClN7O5. The first-order valence-electron chi connectivity index (χ1n) is 19.8. The van der Waals surface area contributed by atoms with Crippen LogP contribution < -0.4 is 20.4 Å². The molecular weight excluding hydrogens is 730 g/mol. The average molecular weight is 776 g/mol. The molecule has 12 nitrogen and oxygen atoms in total. The Kier molecular flexibility index (Phi) is 10.6. The molecule has 290 valence electrons. The number of hydrogen-bond donors (Lipinski definition) is 2. The zero-order chi connectivity index (χ0) is 39.1. The van der Waals surface area contributed by atoms with Crippen LogP contribution in [-0.4, -0.2) is 83.6 Å². The van der Waals surface area contributed by atoms with Crippen molar-refractivity contribution in [3.8, 4) is 6.07 Å². The Balaban J connectivity index is 0.787.